The summed E-state index contributed by atoms with van der Waals surface area (Å²) in [6.07, 6.45) is 7.91. The van der Waals surface area contributed by atoms with E-state index in [1.54, 1.807) is 0 Å². The molecule has 5 heteroatoms. The van der Waals surface area contributed by atoms with Gasteiger partial charge in [-0.25, -0.2) is 0 Å². The number of carboxylic acid groups (broad SMARTS) is 1. The predicted molar refractivity (Wildman–Crippen MR) is 109 cm³/mol. The Morgan fingerprint density at radius 2 is 1.79 bits per heavy atom. The van der Waals surface area contributed by atoms with Crippen LogP contribution in [0.25, 0.3) is 0 Å². The van der Waals surface area contributed by atoms with Crippen LogP contribution in [0.1, 0.15) is 56.9 Å². The Balaban J connectivity index is 1.74. The summed E-state index contributed by atoms with van der Waals surface area (Å²) in [7, 11) is 0. The molecule has 1 aliphatic carbocycles. The lowest BCUT2D eigenvalue weighted by Crippen LogP contribution is -2.23. The van der Waals surface area contributed by atoms with E-state index in [9.17, 15) is 20.1 Å². The number of unbranched alkanes of at least 4 members (excludes halogenated alkanes) is 1. The lowest BCUT2D eigenvalue weighted by Gasteiger charge is -2.23. The number of aliphatic hydroxyl groups excluding tert-OH is 3. The summed E-state index contributed by atoms with van der Waals surface area (Å²) in [5, 5.41) is 39.6. The third-order valence-corrected chi connectivity index (χ3v) is 5.80. The zero-order chi connectivity index (χ0) is 20.4. The topological polar surface area (TPSA) is 98.0 Å². The molecule has 1 aromatic rings. The fraction of sp³-hybridized carbons (Fsp3) is 0.609. The number of benzene rings is 1. The Labute approximate surface area is 167 Å². The van der Waals surface area contributed by atoms with Crippen LogP contribution in [0.15, 0.2) is 42.5 Å². The fourth-order valence-electron chi connectivity index (χ4n) is 4.16. The maximum atomic E-state index is 10.5. The molecule has 1 saturated carbocycles. The van der Waals surface area contributed by atoms with Crippen LogP contribution >= 0.6 is 0 Å². The van der Waals surface area contributed by atoms with Gasteiger partial charge in [-0.05, 0) is 68.8 Å². The van der Waals surface area contributed by atoms with E-state index < -0.39 is 24.3 Å². The summed E-state index contributed by atoms with van der Waals surface area (Å²) < 4.78 is 0. The number of aliphatic carboxylic acids is 1. The van der Waals surface area contributed by atoms with E-state index in [1.807, 2.05) is 30.4 Å². The highest BCUT2D eigenvalue weighted by atomic mass is 16.4. The fourth-order valence-corrected chi connectivity index (χ4v) is 4.16. The van der Waals surface area contributed by atoms with Gasteiger partial charge in [0.1, 0.15) is 0 Å². The smallest absolute Gasteiger partial charge is 0.303 e. The number of aryl methyl sites for hydroxylation is 1. The molecule has 1 aliphatic rings. The maximum Gasteiger partial charge on any atom is 0.303 e. The molecule has 5 nitrogen and oxygen atoms in total. The highest BCUT2D eigenvalue weighted by Crippen LogP contribution is 2.38. The molecular formula is C23H34O5. The lowest BCUT2D eigenvalue weighted by molar-refractivity contribution is -0.137. The van der Waals surface area contributed by atoms with Gasteiger partial charge in [0, 0.05) is 6.42 Å². The number of carboxylic acids is 1. The molecule has 1 unspecified atom stereocenters. The van der Waals surface area contributed by atoms with Crippen LogP contribution in [0.5, 0.6) is 0 Å². The Hall–Kier alpha value is -1.69. The molecule has 2 rings (SSSR count). The second-order valence-corrected chi connectivity index (χ2v) is 7.95. The zero-order valence-electron chi connectivity index (χ0n) is 16.5. The van der Waals surface area contributed by atoms with Crippen LogP contribution in [0.2, 0.25) is 0 Å². The van der Waals surface area contributed by atoms with Gasteiger partial charge in [-0.1, -0.05) is 42.5 Å². The number of allylic oxidation sites excluding steroid dienone is 2. The first-order chi connectivity index (χ1) is 13.5. The van der Waals surface area contributed by atoms with Gasteiger partial charge in [-0.3, -0.25) is 4.79 Å². The summed E-state index contributed by atoms with van der Waals surface area (Å²) in [4.78, 5) is 10.5. The van der Waals surface area contributed by atoms with Crippen molar-refractivity contribution in [3.63, 3.8) is 0 Å². The molecular weight excluding hydrogens is 356 g/mol. The standard InChI is InChI=1S/C23H34O5/c24-18(13-12-17-8-4-3-5-9-17)14-15-20-19(21(25)16-22(20)26)10-6-1-2-7-11-23(27)28/h1,3-6,8-9,18-22,24-26H,2,7,10-16H2,(H,27,28)/t18?,19-,20+,21-,22-/m1/s1. The average molecular weight is 391 g/mol. The van der Waals surface area contributed by atoms with E-state index in [1.165, 1.54) is 5.56 Å². The Morgan fingerprint density at radius 3 is 2.50 bits per heavy atom. The Bertz CT molecular complexity index is 600. The van der Waals surface area contributed by atoms with Crippen molar-refractivity contribution in [3.8, 4) is 0 Å². The zero-order valence-corrected chi connectivity index (χ0v) is 16.5. The third kappa shape index (κ3) is 7.74. The van der Waals surface area contributed by atoms with Crippen LogP contribution in [-0.2, 0) is 11.2 Å². The molecule has 156 valence electrons. The predicted octanol–water partition coefficient (Wildman–Crippen LogP) is 3.32. The normalized spacial score (nSPS) is 26.0. The van der Waals surface area contributed by atoms with Crippen LogP contribution in [-0.4, -0.2) is 44.7 Å². The Kier molecular flexibility index (Phi) is 9.68. The second kappa shape index (κ2) is 12.0. The van der Waals surface area contributed by atoms with Crippen molar-refractivity contribution in [2.45, 2.75) is 76.1 Å². The minimum absolute atomic E-state index is 0.00736. The van der Waals surface area contributed by atoms with Gasteiger partial charge in [-0.2, -0.15) is 0 Å². The van der Waals surface area contributed by atoms with Crippen molar-refractivity contribution in [2.75, 3.05) is 0 Å². The van der Waals surface area contributed by atoms with Crippen LogP contribution in [0.3, 0.4) is 0 Å². The Morgan fingerprint density at radius 1 is 1.07 bits per heavy atom. The third-order valence-electron chi connectivity index (χ3n) is 5.80. The summed E-state index contributed by atoms with van der Waals surface area (Å²) in [5.41, 5.74) is 1.21. The molecule has 0 heterocycles. The van der Waals surface area contributed by atoms with Gasteiger partial charge in [0.2, 0.25) is 0 Å². The molecule has 4 N–H and O–H groups in total. The van der Waals surface area contributed by atoms with Crippen molar-refractivity contribution >= 4 is 5.97 Å². The van der Waals surface area contributed by atoms with E-state index in [-0.39, 0.29) is 18.3 Å². The summed E-state index contributed by atoms with van der Waals surface area (Å²) in [6.45, 7) is 0. The van der Waals surface area contributed by atoms with Crippen molar-refractivity contribution in [1.29, 1.82) is 0 Å². The average Bonchev–Trinajstić information content (AvgIpc) is 2.94. The first kappa shape index (κ1) is 22.6. The van der Waals surface area contributed by atoms with E-state index in [0.29, 0.717) is 44.9 Å². The van der Waals surface area contributed by atoms with E-state index in [0.717, 1.165) is 6.42 Å². The van der Waals surface area contributed by atoms with Crippen molar-refractivity contribution in [3.05, 3.63) is 48.0 Å². The van der Waals surface area contributed by atoms with Crippen LogP contribution in [0.4, 0.5) is 0 Å². The number of carbonyl (C=O) groups is 1. The summed E-state index contributed by atoms with van der Waals surface area (Å²) in [5.74, 6) is -0.800. The molecule has 5 atom stereocenters. The van der Waals surface area contributed by atoms with E-state index >= 15 is 0 Å². The largest absolute Gasteiger partial charge is 0.481 e. The van der Waals surface area contributed by atoms with Gasteiger partial charge in [0.15, 0.2) is 0 Å². The lowest BCUT2D eigenvalue weighted by atomic mass is 9.85. The van der Waals surface area contributed by atoms with Crippen LogP contribution < -0.4 is 0 Å². The highest BCUT2D eigenvalue weighted by molar-refractivity contribution is 5.66. The van der Waals surface area contributed by atoms with Gasteiger partial charge >= 0.3 is 5.97 Å². The van der Waals surface area contributed by atoms with Gasteiger partial charge in [-0.15, -0.1) is 0 Å². The van der Waals surface area contributed by atoms with Gasteiger partial charge in [0.25, 0.3) is 0 Å². The number of hydrogen-bond donors (Lipinski definition) is 4. The molecule has 0 aromatic heterocycles. The minimum Gasteiger partial charge on any atom is -0.481 e. The first-order valence-corrected chi connectivity index (χ1v) is 10.4. The van der Waals surface area contributed by atoms with Crippen LogP contribution in [0, 0.1) is 11.8 Å². The minimum atomic E-state index is -0.784. The maximum absolute atomic E-state index is 10.5. The monoisotopic (exact) mass is 390 g/mol. The molecule has 0 radical (unpaired) electrons. The second-order valence-electron chi connectivity index (χ2n) is 7.95. The van der Waals surface area contributed by atoms with E-state index in [4.69, 9.17) is 5.11 Å². The number of aliphatic hydroxyl groups is 3. The highest BCUT2D eigenvalue weighted by Gasteiger charge is 2.40. The molecule has 0 amide bonds. The molecule has 0 spiro atoms. The van der Waals surface area contributed by atoms with Gasteiger partial charge in [0.05, 0.1) is 18.3 Å². The molecule has 1 aromatic carbocycles. The number of hydrogen-bond acceptors (Lipinski definition) is 4. The number of rotatable bonds is 12. The molecule has 28 heavy (non-hydrogen) atoms. The SMILES string of the molecule is O=C(O)CCCC=CC[C@@H]1[C@H](CCC(O)CCc2ccccc2)[C@H](O)C[C@H]1O. The quantitative estimate of drug-likeness (QED) is 0.324. The van der Waals surface area contributed by atoms with Crippen molar-refractivity contribution in [2.24, 2.45) is 11.8 Å². The van der Waals surface area contributed by atoms with Crippen molar-refractivity contribution in [1.82, 2.24) is 0 Å². The summed E-state index contributed by atoms with van der Waals surface area (Å²) >= 11 is 0. The first-order valence-electron chi connectivity index (χ1n) is 10.4. The van der Waals surface area contributed by atoms with Gasteiger partial charge < -0.3 is 20.4 Å². The molecule has 0 saturated heterocycles. The van der Waals surface area contributed by atoms with E-state index in [2.05, 4.69) is 12.1 Å². The van der Waals surface area contributed by atoms with Crippen molar-refractivity contribution < 1.29 is 25.2 Å². The molecule has 1 fully saturated rings. The molecule has 0 aliphatic heterocycles. The summed E-state index contributed by atoms with van der Waals surface area (Å²) in [6, 6.07) is 10.1. The molecule has 0 bridgehead atoms.